The van der Waals surface area contributed by atoms with Crippen molar-refractivity contribution in [3.63, 3.8) is 0 Å². The van der Waals surface area contributed by atoms with E-state index < -0.39 is 5.41 Å². The van der Waals surface area contributed by atoms with Crippen LogP contribution in [0.5, 0.6) is 0 Å². The number of nitrogens with zero attached hydrogens (tertiary/aromatic N) is 1. The van der Waals surface area contributed by atoms with Crippen LogP contribution < -0.4 is 0 Å². The van der Waals surface area contributed by atoms with Crippen LogP contribution in [-0.4, -0.2) is 22.8 Å². The van der Waals surface area contributed by atoms with Crippen LogP contribution in [0.2, 0.25) is 0 Å². The molecule has 0 radical (unpaired) electrons. The van der Waals surface area contributed by atoms with Gasteiger partial charge in [-0.05, 0) is 19.8 Å². The van der Waals surface area contributed by atoms with Gasteiger partial charge in [0.1, 0.15) is 0 Å². The van der Waals surface area contributed by atoms with Crippen LogP contribution in [-0.2, 0) is 9.59 Å². The molecule has 1 aliphatic heterocycles. The van der Waals surface area contributed by atoms with Crippen molar-refractivity contribution in [1.29, 1.82) is 0 Å². The maximum absolute atomic E-state index is 12.6. The topological polar surface area (TPSA) is 37.4 Å². The zero-order chi connectivity index (χ0) is 13.2. The lowest BCUT2D eigenvalue weighted by Crippen LogP contribution is -2.41. The normalized spacial score (nSPS) is 25.0. The highest BCUT2D eigenvalue weighted by Gasteiger charge is 2.51. The van der Waals surface area contributed by atoms with Crippen LogP contribution in [0.1, 0.15) is 58.3 Å². The molecule has 1 unspecified atom stereocenters. The first-order valence-electron chi connectivity index (χ1n) is 6.91. The fraction of sp³-hybridized carbons (Fsp3) is 0.733. The Balaban J connectivity index is 2.19. The third-order valence-electron chi connectivity index (χ3n) is 4.35. The second-order valence-electron chi connectivity index (χ2n) is 5.70. The van der Waals surface area contributed by atoms with Gasteiger partial charge in [-0.15, -0.1) is 12.3 Å². The summed E-state index contributed by atoms with van der Waals surface area (Å²) in [6, 6.07) is -0.155. The third-order valence-corrected chi connectivity index (χ3v) is 4.35. The van der Waals surface area contributed by atoms with E-state index in [2.05, 4.69) is 5.92 Å². The van der Waals surface area contributed by atoms with Crippen LogP contribution in [0.15, 0.2) is 0 Å². The van der Waals surface area contributed by atoms with E-state index in [1.54, 1.807) is 0 Å². The summed E-state index contributed by atoms with van der Waals surface area (Å²) in [5, 5.41) is 0. The average Bonchev–Trinajstić information content (AvgIpc) is 2.50. The molecule has 1 heterocycles. The van der Waals surface area contributed by atoms with Crippen LogP contribution >= 0.6 is 0 Å². The Kier molecular flexibility index (Phi) is 3.75. The molecule has 2 amide bonds. The Morgan fingerprint density at radius 2 is 1.89 bits per heavy atom. The van der Waals surface area contributed by atoms with Gasteiger partial charge in [0.15, 0.2) is 0 Å². The average molecular weight is 247 g/mol. The largest absolute Gasteiger partial charge is 0.278 e. The second kappa shape index (κ2) is 5.14. The van der Waals surface area contributed by atoms with E-state index in [1.165, 1.54) is 17.7 Å². The van der Waals surface area contributed by atoms with E-state index in [4.69, 9.17) is 6.42 Å². The summed E-state index contributed by atoms with van der Waals surface area (Å²) in [5.41, 5.74) is -0.392. The van der Waals surface area contributed by atoms with Gasteiger partial charge in [-0.25, -0.2) is 0 Å². The smallest absolute Gasteiger partial charge is 0.236 e. The van der Waals surface area contributed by atoms with Crippen molar-refractivity contribution in [2.45, 2.75) is 64.3 Å². The number of carbonyl (C=O) groups is 2. The number of terminal acetylenes is 1. The lowest BCUT2D eigenvalue weighted by molar-refractivity contribution is -0.143. The summed E-state index contributed by atoms with van der Waals surface area (Å²) in [7, 11) is 0. The standard InChI is InChI=1S/C15H21NO2/c1-3-8-12(2)16-13(17)11-15(14(16)18)9-6-4-5-7-10-15/h1,12H,4-11H2,2H3. The molecule has 3 nitrogen and oxygen atoms in total. The Morgan fingerprint density at radius 3 is 2.44 bits per heavy atom. The summed E-state index contributed by atoms with van der Waals surface area (Å²) in [6.45, 7) is 1.87. The van der Waals surface area contributed by atoms with Gasteiger partial charge < -0.3 is 0 Å². The lowest BCUT2D eigenvalue weighted by atomic mass is 9.79. The molecule has 2 rings (SSSR count). The first kappa shape index (κ1) is 13.1. The van der Waals surface area contributed by atoms with Crippen LogP contribution in [0.4, 0.5) is 0 Å². The third kappa shape index (κ3) is 2.16. The maximum atomic E-state index is 12.6. The van der Waals surface area contributed by atoms with Gasteiger partial charge in [-0.3, -0.25) is 14.5 Å². The molecule has 1 saturated carbocycles. The highest BCUT2D eigenvalue weighted by molar-refractivity contribution is 6.06. The van der Waals surface area contributed by atoms with E-state index in [1.807, 2.05) is 6.92 Å². The van der Waals surface area contributed by atoms with Gasteiger partial charge in [0.05, 0.1) is 5.41 Å². The summed E-state index contributed by atoms with van der Waals surface area (Å²) < 4.78 is 0. The fourth-order valence-corrected chi connectivity index (χ4v) is 3.32. The minimum Gasteiger partial charge on any atom is -0.278 e. The fourth-order valence-electron chi connectivity index (χ4n) is 3.32. The molecular weight excluding hydrogens is 226 g/mol. The van der Waals surface area contributed by atoms with Crippen LogP contribution in [0.25, 0.3) is 0 Å². The molecule has 0 N–H and O–H groups in total. The number of rotatable bonds is 2. The van der Waals surface area contributed by atoms with Gasteiger partial charge in [0.25, 0.3) is 0 Å². The predicted octanol–water partition coefficient (Wildman–Crippen LogP) is 2.50. The zero-order valence-corrected chi connectivity index (χ0v) is 11.1. The lowest BCUT2D eigenvalue weighted by Gasteiger charge is -2.27. The number of hydrogen-bond acceptors (Lipinski definition) is 2. The molecule has 0 bridgehead atoms. The molecule has 0 aromatic rings. The van der Waals surface area contributed by atoms with Gasteiger partial charge in [-0.2, -0.15) is 0 Å². The highest BCUT2D eigenvalue weighted by atomic mass is 16.2. The molecule has 1 aliphatic carbocycles. The molecule has 1 saturated heterocycles. The maximum Gasteiger partial charge on any atom is 0.236 e. The molecule has 0 aromatic heterocycles. The Labute approximate surface area is 109 Å². The summed E-state index contributed by atoms with van der Waals surface area (Å²) in [4.78, 5) is 26.2. The summed E-state index contributed by atoms with van der Waals surface area (Å²) in [6.07, 6.45) is 12.4. The SMILES string of the molecule is C#CCC(C)N1C(=O)CC2(CCCCCC2)C1=O. The van der Waals surface area contributed by atoms with Crippen molar-refractivity contribution in [2.75, 3.05) is 0 Å². The Bertz CT molecular complexity index is 386. The van der Waals surface area contributed by atoms with Gasteiger partial charge in [0, 0.05) is 18.9 Å². The van der Waals surface area contributed by atoms with Crippen molar-refractivity contribution in [3.8, 4) is 12.3 Å². The van der Waals surface area contributed by atoms with E-state index in [0.717, 1.165) is 25.7 Å². The van der Waals surface area contributed by atoms with Gasteiger partial charge >= 0.3 is 0 Å². The minimum absolute atomic E-state index is 0.0235. The Hall–Kier alpha value is -1.30. The van der Waals surface area contributed by atoms with Crippen molar-refractivity contribution in [1.82, 2.24) is 4.90 Å². The molecule has 2 aliphatic rings. The Morgan fingerprint density at radius 1 is 1.28 bits per heavy atom. The van der Waals surface area contributed by atoms with E-state index in [-0.39, 0.29) is 17.9 Å². The van der Waals surface area contributed by atoms with Crippen molar-refractivity contribution >= 4 is 11.8 Å². The molecule has 2 fully saturated rings. The van der Waals surface area contributed by atoms with E-state index >= 15 is 0 Å². The molecule has 98 valence electrons. The predicted molar refractivity (Wildman–Crippen MR) is 69.5 cm³/mol. The van der Waals surface area contributed by atoms with Crippen molar-refractivity contribution in [3.05, 3.63) is 0 Å². The number of imide groups is 1. The van der Waals surface area contributed by atoms with E-state index in [9.17, 15) is 9.59 Å². The molecular formula is C15H21NO2. The van der Waals surface area contributed by atoms with Crippen molar-refractivity contribution < 1.29 is 9.59 Å². The number of carbonyl (C=O) groups excluding carboxylic acids is 2. The van der Waals surface area contributed by atoms with Crippen LogP contribution in [0.3, 0.4) is 0 Å². The summed E-state index contributed by atoms with van der Waals surface area (Å²) >= 11 is 0. The number of amides is 2. The first-order chi connectivity index (χ1) is 8.60. The molecule has 18 heavy (non-hydrogen) atoms. The monoisotopic (exact) mass is 247 g/mol. The molecule has 0 aromatic carbocycles. The van der Waals surface area contributed by atoms with Gasteiger partial charge in [-0.1, -0.05) is 25.7 Å². The molecule has 3 heteroatoms. The van der Waals surface area contributed by atoms with Crippen LogP contribution in [0, 0.1) is 17.8 Å². The van der Waals surface area contributed by atoms with Crippen molar-refractivity contribution in [2.24, 2.45) is 5.41 Å². The zero-order valence-electron chi connectivity index (χ0n) is 11.1. The van der Waals surface area contributed by atoms with E-state index in [0.29, 0.717) is 12.8 Å². The first-order valence-corrected chi connectivity index (χ1v) is 6.91. The minimum atomic E-state index is -0.392. The van der Waals surface area contributed by atoms with Gasteiger partial charge in [0.2, 0.25) is 11.8 Å². The second-order valence-corrected chi connectivity index (χ2v) is 5.70. The quantitative estimate of drug-likeness (QED) is 0.555. The molecule has 1 spiro atoms. The summed E-state index contributed by atoms with van der Waals surface area (Å²) in [5.74, 6) is 2.56. The number of hydrogen-bond donors (Lipinski definition) is 0. The molecule has 1 atom stereocenters. The highest BCUT2D eigenvalue weighted by Crippen LogP contribution is 2.45. The number of likely N-dealkylation sites (tertiary alicyclic amines) is 1.